The molecule has 0 aliphatic carbocycles. The third-order valence-corrected chi connectivity index (χ3v) is 1.96. The maximum absolute atomic E-state index is 10.8. The molecule has 4 heteroatoms. The fourth-order valence-electron chi connectivity index (χ4n) is 0.756. The van der Waals surface area contributed by atoms with Crippen LogP contribution in [0.3, 0.4) is 0 Å². The molecule has 0 unspecified atom stereocenters. The molecule has 0 radical (unpaired) electrons. The number of Topliss-reactive ketones (excluding diaryl/α,β-unsaturated/α-hetero) is 1. The molecule has 0 bridgehead atoms. The molecule has 0 saturated heterocycles. The van der Waals surface area contributed by atoms with Gasteiger partial charge in [-0.2, -0.15) is 0 Å². The van der Waals surface area contributed by atoms with Crippen LogP contribution in [0.4, 0.5) is 0 Å². The van der Waals surface area contributed by atoms with E-state index in [1.165, 1.54) is 0 Å². The molecule has 1 aliphatic rings. The van der Waals surface area contributed by atoms with Gasteiger partial charge in [-0.1, -0.05) is 11.6 Å². The molecular formula is C6H7Cl2NO. The largest absolute Gasteiger partial charge is 0.362 e. The van der Waals surface area contributed by atoms with Crippen LogP contribution in [0.1, 0.15) is 6.42 Å². The molecule has 0 spiro atoms. The Bertz CT molecular complexity index is 179. The second kappa shape index (κ2) is 3.26. The van der Waals surface area contributed by atoms with Gasteiger partial charge in [-0.3, -0.25) is 4.79 Å². The number of hydrogen-bond donors (Lipinski definition) is 0. The summed E-state index contributed by atoms with van der Waals surface area (Å²) in [5.74, 6) is 0.00281. The van der Waals surface area contributed by atoms with Crippen molar-refractivity contribution in [3.63, 3.8) is 0 Å². The van der Waals surface area contributed by atoms with Gasteiger partial charge in [0.25, 0.3) is 0 Å². The molecule has 1 heterocycles. The Hall–Kier alpha value is -0.210. The van der Waals surface area contributed by atoms with Crippen molar-refractivity contribution >= 4 is 29.0 Å². The summed E-state index contributed by atoms with van der Waals surface area (Å²) in [6.45, 7) is 0.679. The lowest BCUT2D eigenvalue weighted by Gasteiger charge is -2.20. The predicted octanol–water partition coefficient (Wildman–Crippen LogP) is 1.54. The molecular weight excluding hydrogens is 173 g/mol. The number of alkyl halides is 1. The molecule has 1 rings (SSSR count). The van der Waals surface area contributed by atoms with E-state index in [0.717, 1.165) is 0 Å². The van der Waals surface area contributed by atoms with Crippen LogP contribution in [-0.4, -0.2) is 23.2 Å². The number of carbonyl (C=O) groups excluding carboxylic acids is 1. The van der Waals surface area contributed by atoms with Gasteiger partial charge in [-0.15, -0.1) is 11.6 Å². The first-order valence-electron chi connectivity index (χ1n) is 2.94. The van der Waals surface area contributed by atoms with Crippen molar-refractivity contribution in [3.05, 3.63) is 11.2 Å². The minimum Gasteiger partial charge on any atom is -0.362 e. The van der Waals surface area contributed by atoms with Crippen molar-refractivity contribution in [2.45, 2.75) is 6.42 Å². The SMILES string of the molecule is O=C1CCN(CCl)C=C1Cl. The molecule has 0 atom stereocenters. The van der Waals surface area contributed by atoms with Crippen molar-refractivity contribution in [1.82, 2.24) is 4.90 Å². The van der Waals surface area contributed by atoms with Gasteiger partial charge in [0.1, 0.15) is 0 Å². The number of halogens is 2. The number of carbonyl (C=O) groups is 1. The highest BCUT2D eigenvalue weighted by Gasteiger charge is 2.14. The first-order chi connectivity index (χ1) is 4.74. The van der Waals surface area contributed by atoms with E-state index in [4.69, 9.17) is 23.2 Å². The molecule has 1 aliphatic heterocycles. The fraction of sp³-hybridized carbons (Fsp3) is 0.500. The maximum Gasteiger partial charge on any atom is 0.177 e. The van der Waals surface area contributed by atoms with Crippen LogP contribution in [0.5, 0.6) is 0 Å². The molecule has 0 aromatic carbocycles. The van der Waals surface area contributed by atoms with Crippen LogP contribution in [0.25, 0.3) is 0 Å². The van der Waals surface area contributed by atoms with Crippen molar-refractivity contribution in [2.75, 3.05) is 12.5 Å². The lowest BCUT2D eigenvalue weighted by Crippen LogP contribution is -2.25. The lowest BCUT2D eigenvalue weighted by molar-refractivity contribution is -0.115. The third-order valence-electron chi connectivity index (χ3n) is 1.34. The third kappa shape index (κ3) is 1.64. The van der Waals surface area contributed by atoms with Crippen LogP contribution in [-0.2, 0) is 4.79 Å². The van der Waals surface area contributed by atoms with Gasteiger partial charge in [-0.05, 0) is 0 Å². The molecule has 10 heavy (non-hydrogen) atoms. The Balaban J connectivity index is 2.65. The van der Waals surface area contributed by atoms with Crippen LogP contribution >= 0.6 is 23.2 Å². The summed E-state index contributed by atoms with van der Waals surface area (Å²) >= 11 is 11.1. The zero-order valence-electron chi connectivity index (χ0n) is 5.31. The Morgan fingerprint density at radius 2 is 2.40 bits per heavy atom. The van der Waals surface area contributed by atoms with Gasteiger partial charge >= 0.3 is 0 Å². The molecule has 0 N–H and O–H groups in total. The molecule has 56 valence electrons. The highest BCUT2D eigenvalue weighted by atomic mass is 35.5. The van der Waals surface area contributed by atoms with Crippen molar-refractivity contribution in [3.8, 4) is 0 Å². The number of rotatable bonds is 1. The van der Waals surface area contributed by atoms with Crippen molar-refractivity contribution in [2.24, 2.45) is 0 Å². The van der Waals surface area contributed by atoms with Gasteiger partial charge in [0.15, 0.2) is 5.78 Å². The highest BCUT2D eigenvalue weighted by Crippen LogP contribution is 2.14. The minimum absolute atomic E-state index is 0.00281. The summed E-state index contributed by atoms with van der Waals surface area (Å²) in [4.78, 5) is 12.6. The first-order valence-corrected chi connectivity index (χ1v) is 3.86. The summed E-state index contributed by atoms with van der Waals surface area (Å²) in [5.41, 5.74) is 0. The normalized spacial score (nSPS) is 19.2. The number of ketones is 1. The average Bonchev–Trinajstić information content (AvgIpc) is 1.95. The second-order valence-corrected chi connectivity index (χ2v) is 2.73. The summed E-state index contributed by atoms with van der Waals surface area (Å²) < 4.78 is 0. The molecule has 0 fully saturated rings. The Labute approximate surface area is 69.4 Å². The second-order valence-electron chi connectivity index (χ2n) is 2.08. The van der Waals surface area contributed by atoms with E-state index in [-0.39, 0.29) is 10.8 Å². The summed E-state index contributed by atoms with van der Waals surface area (Å²) in [6, 6.07) is 0.392. The molecule has 2 nitrogen and oxygen atoms in total. The van der Waals surface area contributed by atoms with Crippen LogP contribution in [0.2, 0.25) is 0 Å². The van der Waals surface area contributed by atoms with Gasteiger partial charge in [0.05, 0.1) is 11.0 Å². The predicted molar refractivity (Wildman–Crippen MR) is 41.0 cm³/mol. The monoisotopic (exact) mass is 179 g/mol. The van der Waals surface area contributed by atoms with E-state index in [2.05, 4.69) is 0 Å². The van der Waals surface area contributed by atoms with E-state index in [1.54, 1.807) is 11.1 Å². The summed E-state index contributed by atoms with van der Waals surface area (Å²) in [6.07, 6.45) is 2.06. The fourth-order valence-corrected chi connectivity index (χ4v) is 1.18. The van der Waals surface area contributed by atoms with Crippen LogP contribution < -0.4 is 0 Å². The zero-order valence-corrected chi connectivity index (χ0v) is 6.82. The number of hydrogen-bond acceptors (Lipinski definition) is 2. The zero-order chi connectivity index (χ0) is 7.56. The van der Waals surface area contributed by atoms with E-state index in [9.17, 15) is 4.79 Å². The van der Waals surface area contributed by atoms with E-state index in [0.29, 0.717) is 19.0 Å². The van der Waals surface area contributed by atoms with Crippen molar-refractivity contribution < 1.29 is 4.79 Å². The quantitative estimate of drug-likeness (QED) is 0.450. The average molecular weight is 180 g/mol. The van der Waals surface area contributed by atoms with Gasteiger partial charge in [0.2, 0.25) is 0 Å². The Morgan fingerprint density at radius 1 is 1.70 bits per heavy atom. The van der Waals surface area contributed by atoms with Crippen LogP contribution in [0, 0.1) is 0 Å². The Kier molecular flexibility index (Phi) is 2.57. The summed E-state index contributed by atoms with van der Waals surface area (Å²) in [5, 5.41) is 0.284. The van der Waals surface area contributed by atoms with Gasteiger partial charge < -0.3 is 4.90 Å². The molecule has 0 saturated carbocycles. The standard InChI is InChI=1S/C6H7Cl2NO/c7-4-9-2-1-6(10)5(8)3-9/h3H,1-2,4H2. The molecule has 0 aromatic heterocycles. The molecule has 0 amide bonds. The van der Waals surface area contributed by atoms with Gasteiger partial charge in [-0.25, -0.2) is 0 Å². The lowest BCUT2D eigenvalue weighted by atomic mass is 10.2. The van der Waals surface area contributed by atoms with Crippen molar-refractivity contribution in [1.29, 1.82) is 0 Å². The topological polar surface area (TPSA) is 20.3 Å². The minimum atomic E-state index is 0.00281. The van der Waals surface area contributed by atoms with E-state index < -0.39 is 0 Å². The van der Waals surface area contributed by atoms with Crippen LogP contribution in [0.15, 0.2) is 11.2 Å². The van der Waals surface area contributed by atoms with E-state index >= 15 is 0 Å². The Morgan fingerprint density at radius 3 is 2.90 bits per heavy atom. The maximum atomic E-state index is 10.8. The van der Waals surface area contributed by atoms with Gasteiger partial charge in [0, 0.05) is 19.2 Å². The summed E-state index contributed by atoms with van der Waals surface area (Å²) in [7, 11) is 0. The number of nitrogens with zero attached hydrogens (tertiary/aromatic N) is 1. The smallest absolute Gasteiger partial charge is 0.177 e. The molecule has 0 aromatic rings. The first kappa shape index (κ1) is 7.89. The highest BCUT2D eigenvalue weighted by molar-refractivity contribution is 6.42. The van der Waals surface area contributed by atoms with E-state index in [1.807, 2.05) is 0 Å². The number of allylic oxidation sites excluding steroid dienone is 1.